The summed E-state index contributed by atoms with van der Waals surface area (Å²) in [5.41, 5.74) is 2.90. The first kappa shape index (κ1) is 11.2. The highest BCUT2D eigenvalue weighted by molar-refractivity contribution is 5.28. The Bertz CT molecular complexity index is 292. The minimum Gasteiger partial charge on any atom is -0.320 e. The van der Waals surface area contributed by atoms with Crippen molar-refractivity contribution in [3.63, 3.8) is 0 Å². The predicted molar refractivity (Wildman–Crippen MR) is 60.5 cm³/mol. The molecule has 2 nitrogen and oxygen atoms in total. The topological polar surface area (TPSA) is 24.9 Å². The van der Waals surface area contributed by atoms with E-state index in [2.05, 4.69) is 37.1 Å². The van der Waals surface area contributed by atoms with Gasteiger partial charge in [-0.1, -0.05) is 13.8 Å². The van der Waals surface area contributed by atoms with Crippen LogP contribution in [0.3, 0.4) is 0 Å². The third-order valence-corrected chi connectivity index (χ3v) is 2.77. The van der Waals surface area contributed by atoms with Crippen molar-refractivity contribution in [3.8, 4) is 0 Å². The number of aromatic nitrogens is 1. The van der Waals surface area contributed by atoms with Gasteiger partial charge >= 0.3 is 0 Å². The van der Waals surface area contributed by atoms with Crippen LogP contribution in [0.25, 0.3) is 0 Å². The van der Waals surface area contributed by atoms with Crippen LogP contribution in [-0.2, 0) is 5.41 Å². The molecule has 0 bridgehead atoms. The zero-order valence-corrected chi connectivity index (χ0v) is 9.59. The number of pyridine rings is 1. The Morgan fingerprint density at radius 3 is 2.71 bits per heavy atom. The van der Waals surface area contributed by atoms with Crippen LogP contribution in [0, 0.1) is 6.92 Å². The normalized spacial score (nSPS) is 11.7. The monoisotopic (exact) mass is 192 g/mol. The largest absolute Gasteiger partial charge is 0.320 e. The molecule has 78 valence electrons. The van der Waals surface area contributed by atoms with E-state index < -0.39 is 0 Å². The Balaban J connectivity index is 2.86. The summed E-state index contributed by atoms with van der Waals surface area (Å²) in [5, 5.41) is 3.19. The van der Waals surface area contributed by atoms with E-state index in [9.17, 15) is 0 Å². The second-order valence-corrected chi connectivity index (χ2v) is 4.43. The van der Waals surface area contributed by atoms with Crippen molar-refractivity contribution in [1.82, 2.24) is 10.3 Å². The highest BCUT2D eigenvalue weighted by Crippen LogP contribution is 2.28. The fourth-order valence-corrected chi connectivity index (χ4v) is 1.74. The quantitative estimate of drug-likeness (QED) is 0.791. The molecule has 0 aliphatic rings. The minimum absolute atomic E-state index is 0.210. The molecule has 0 fully saturated rings. The smallest absolute Gasteiger partial charge is 0.0307 e. The van der Waals surface area contributed by atoms with Gasteiger partial charge in [-0.3, -0.25) is 4.98 Å². The average Bonchev–Trinajstić information content (AvgIpc) is 2.15. The summed E-state index contributed by atoms with van der Waals surface area (Å²) < 4.78 is 0. The Labute approximate surface area is 86.8 Å². The van der Waals surface area contributed by atoms with Gasteiger partial charge in [0, 0.05) is 12.4 Å². The molecule has 0 unspecified atom stereocenters. The molecule has 1 aromatic heterocycles. The molecule has 0 amide bonds. The third kappa shape index (κ3) is 2.55. The molecule has 0 atom stereocenters. The van der Waals surface area contributed by atoms with E-state index in [0.29, 0.717) is 0 Å². The van der Waals surface area contributed by atoms with Gasteiger partial charge in [-0.15, -0.1) is 0 Å². The lowest BCUT2D eigenvalue weighted by Gasteiger charge is -2.26. The van der Waals surface area contributed by atoms with Crippen molar-refractivity contribution in [2.24, 2.45) is 0 Å². The Hall–Kier alpha value is -0.890. The van der Waals surface area contributed by atoms with Gasteiger partial charge in [0.2, 0.25) is 0 Å². The number of nitrogens with zero attached hydrogens (tertiary/aromatic N) is 1. The fraction of sp³-hybridized carbons (Fsp3) is 0.583. The van der Waals surface area contributed by atoms with E-state index in [1.54, 1.807) is 0 Å². The molecule has 0 aliphatic carbocycles. The summed E-state index contributed by atoms with van der Waals surface area (Å²) in [7, 11) is 1.99. The molecule has 1 aromatic rings. The van der Waals surface area contributed by atoms with E-state index in [4.69, 9.17) is 0 Å². The molecule has 0 aliphatic heterocycles. The lowest BCUT2D eigenvalue weighted by atomic mass is 9.80. The molecule has 14 heavy (non-hydrogen) atoms. The van der Waals surface area contributed by atoms with E-state index >= 15 is 0 Å². The van der Waals surface area contributed by atoms with E-state index in [0.717, 1.165) is 13.0 Å². The van der Waals surface area contributed by atoms with Crippen LogP contribution < -0.4 is 5.32 Å². The van der Waals surface area contributed by atoms with Gasteiger partial charge in [0.05, 0.1) is 0 Å². The molecular weight excluding hydrogens is 172 g/mol. The van der Waals surface area contributed by atoms with E-state index in [1.807, 2.05) is 19.4 Å². The summed E-state index contributed by atoms with van der Waals surface area (Å²) in [4.78, 5) is 4.20. The SMILES string of the molecule is CNCCC(C)(C)c1cnccc1C. The van der Waals surface area contributed by atoms with Crippen LogP contribution in [0.5, 0.6) is 0 Å². The van der Waals surface area contributed by atoms with Crippen molar-refractivity contribution < 1.29 is 0 Å². The van der Waals surface area contributed by atoms with E-state index in [1.165, 1.54) is 11.1 Å². The molecule has 0 saturated carbocycles. The summed E-state index contributed by atoms with van der Waals surface area (Å²) in [6.45, 7) is 7.74. The summed E-state index contributed by atoms with van der Waals surface area (Å²) in [6.07, 6.45) is 4.98. The van der Waals surface area contributed by atoms with Crippen molar-refractivity contribution >= 4 is 0 Å². The number of hydrogen-bond donors (Lipinski definition) is 1. The first-order chi connectivity index (χ1) is 6.58. The first-order valence-electron chi connectivity index (χ1n) is 5.13. The van der Waals surface area contributed by atoms with Gasteiger partial charge < -0.3 is 5.32 Å². The van der Waals surface area contributed by atoms with Gasteiger partial charge in [0.15, 0.2) is 0 Å². The standard InChI is InChI=1S/C12H20N2/c1-10-5-7-14-9-11(10)12(2,3)6-8-13-4/h5,7,9,13H,6,8H2,1-4H3. The maximum atomic E-state index is 4.20. The van der Waals surface area contributed by atoms with Crippen molar-refractivity contribution in [1.29, 1.82) is 0 Å². The number of nitrogens with one attached hydrogen (secondary N) is 1. The Morgan fingerprint density at radius 1 is 1.43 bits per heavy atom. The lowest BCUT2D eigenvalue weighted by Crippen LogP contribution is -2.24. The van der Waals surface area contributed by atoms with Gasteiger partial charge in [0.1, 0.15) is 0 Å². The highest BCUT2D eigenvalue weighted by Gasteiger charge is 2.21. The number of hydrogen-bond acceptors (Lipinski definition) is 2. The molecular formula is C12H20N2. The van der Waals surface area contributed by atoms with Crippen molar-refractivity contribution in [2.75, 3.05) is 13.6 Å². The maximum Gasteiger partial charge on any atom is 0.0307 e. The number of aryl methyl sites for hydroxylation is 1. The third-order valence-electron chi connectivity index (χ3n) is 2.77. The van der Waals surface area contributed by atoms with Crippen LogP contribution >= 0.6 is 0 Å². The summed E-state index contributed by atoms with van der Waals surface area (Å²) in [6, 6.07) is 2.08. The number of rotatable bonds is 4. The minimum atomic E-state index is 0.210. The van der Waals surface area contributed by atoms with Crippen LogP contribution in [0.1, 0.15) is 31.4 Å². The highest BCUT2D eigenvalue weighted by atomic mass is 14.8. The molecule has 0 radical (unpaired) electrons. The molecule has 1 N–H and O–H groups in total. The average molecular weight is 192 g/mol. The van der Waals surface area contributed by atoms with E-state index in [-0.39, 0.29) is 5.41 Å². The second kappa shape index (κ2) is 4.56. The molecule has 2 heteroatoms. The van der Waals surface area contributed by atoms with Crippen LogP contribution in [0.15, 0.2) is 18.5 Å². The maximum absolute atomic E-state index is 4.20. The second-order valence-electron chi connectivity index (χ2n) is 4.43. The first-order valence-corrected chi connectivity index (χ1v) is 5.13. The van der Waals surface area contributed by atoms with Crippen molar-refractivity contribution in [3.05, 3.63) is 29.6 Å². The Kier molecular flexibility index (Phi) is 3.64. The molecule has 0 aromatic carbocycles. The van der Waals surface area contributed by atoms with Gasteiger partial charge in [0.25, 0.3) is 0 Å². The van der Waals surface area contributed by atoms with Crippen molar-refractivity contribution in [2.45, 2.75) is 32.6 Å². The lowest BCUT2D eigenvalue weighted by molar-refractivity contribution is 0.465. The molecule has 0 saturated heterocycles. The zero-order chi connectivity index (χ0) is 10.6. The summed E-state index contributed by atoms with van der Waals surface area (Å²) in [5.74, 6) is 0. The predicted octanol–water partition coefficient (Wildman–Crippen LogP) is 2.28. The van der Waals surface area contributed by atoms with Crippen LogP contribution in [0.4, 0.5) is 0 Å². The van der Waals surface area contributed by atoms with Crippen LogP contribution in [0.2, 0.25) is 0 Å². The zero-order valence-electron chi connectivity index (χ0n) is 9.59. The Morgan fingerprint density at radius 2 is 2.14 bits per heavy atom. The molecule has 1 heterocycles. The van der Waals surface area contributed by atoms with Crippen LogP contribution in [-0.4, -0.2) is 18.6 Å². The molecule has 0 spiro atoms. The van der Waals surface area contributed by atoms with Gasteiger partial charge in [-0.05, 0) is 49.5 Å². The van der Waals surface area contributed by atoms with Gasteiger partial charge in [-0.25, -0.2) is 0 Å². The fourth-order valence-electron chi connectivity index (χ4n) is 1.74. The molecule has 1 rings (SSSR count). The summed E-state index contributed by atoms with van der Waals surface area (Å²) >= 11 is 0. The van der Waals surface area contributed by atoms with Gasteiger partial charge in [-0.2, -0.15) is 0 Å².